The van der Waals surface area contributed by atoms with Gasteiger partial charge in [-0.1, -0.05) is 147 Å². The molecule has 2 atom stereocenters. The molecule has 0 heterocycles. The van der Waals surface area contributed by atoms with E-state index in [0.717, 1.165) is 0 Å². The van der Waals surface area contributed by atoms with Gasteiger partial charge in [0.15, 0.2) is 0 Å². The molecule has 40 heavy (non-hydrogen) atoms. The Kier molecular flexibility index (Phi) is 5.19. The molecule has 0 aliphatic carbocycles. The Balaban J connectivity index is 1.30. The first-order valence-corrected chi connectivity index (χ1v) is 14.3. The monoisotopic (exact) mass is 510 g/mol. The van der Waals surface area contributed by atoms with Crippen LogP contribution in [0.3, 0.4) is 0 Å². The second-order valence-electron chi connectivity index (χ2n) is 11.4. The summed E-state index contributed by atoms with van der Waals surface area (Å²) >= 11 is 0. The van der Waals surface area contributed by atoms with E-state index < -0.39 is 0 Å². The lowest BCUT2D eigenvalue weighted by molar-refractivity contribution is 0.935. The van der Waals surface area contributed by atoms with Crippen molar-refractivity contribution in [3.8, 4) is 0 Å². The fraction of sp³-hybridized carbons (Fsp3) is 0.100. The summed E-state index contributed by atoms with van der Waals surface area (Å²) < 4.78 is 0. The highest BCUT2D eigenvalue weighted by Crippen LogP contribution is 2.42. The number of fused-ring (bicyclic) bond motifs is 2. The Morgan fingerprint density at radius 1 is 0.350 bits per heavy atom. The van der Waals surface area contributed by atoms with Gasteiger partial charge >= 0.3 is 0 Å². The molecule has 8 aromatic rings. The van der Waals surface area contributed by atoms with Crippen molar-refractivity contribution in [3.05, 3.63) is 156 Å². The van der Waals surface area contributed by atoms with E-state index in [2.05, 4.69) is 147 Å². The van der Waals surface area contributed by atoms with E-state index in [9.17, 15) is 0 Å². The lowest BCUT2D eigenvalue weighted by atomic mass is 9.82. The van der Waals surface area contributed by atoms with Gasteiger partial charge in [0.1, 0.15) is 0 Å². The molecule has 8 aromatic carbocycles. The number of rotatable bonds is 4. The summed E-state index contributed by atoms with van der Waals surface area (Å²) in [6, 6.07) is 49.8. The number of hydrogen-bond acceptors (Lipinski definition) is 0. The predicted molar refractivity (Wildman–Crippen MR) is 173 cm³/mol. The van der Waals surface area contributed by atoms with E-state index in [1.807, 2.05) is 0 Å². The van der Waals surface area contributed by atoms with Crippen LogP contribution in [0.2, 0.25) is 0 Å². The maximum Gasteiger partial charge on any atom is 0.00673 e. The largest absolute Gasteiger partial charge is 0.0616 e. The van der Waals surface area contributed by atoms with Crippen molar-refractivity contribution < 1.29 is 0 Å². The zero-order chi connectivity index (χ0) is 26.8. The fourth-order valence-corrected chi connectivity index (χ4v) is 6.91. The summed E-state index contributed by atoms with van der Waals surface area (Å²) in [5.74, 6) is 0.593. The van der Waals surface area contributed by atoms with Gasteiger partial charge in [0.2, 0.25) is 0 Å². The van der Waals surface area contributed by atoms with Crippen molar-refractivity contribution >= 4 is 53.9 Å². The topological polar surface area (TPSA) is 0 Å². The lowest BCUT2D eigenvalue weighted by Crippen LogP contribution is -2.00. The van der Waals surface area contributed by atoms with Gasteiger partial charge in [-0.15, -0.1) is 0 Å². The third-order valence-corrected chi connectivity index (χ3v) is 9.21. The standard InChI is InChI=1S/C40H30/c1-25(31-13-11-27-7-3-5-9-33(27)23-31)35-19-15-29-18-22-38-36(20-16-30-17-21-37(35)39(29)40(30)38)26(2)32-14-12-28-8-4-6-10-34(28)24-32/h3-26H,1-2H3. The van der Waals surface area contributed by atoms with Crippen LogP contribution >= 0.6 is 0 Å². The average molecular weight is 511 g/mol. The first-order chi connectivity index (χ1) is 19.7. The number of hydrogen-bond donors (Lipinski definition) is 0. The van der Waals surface area contributed by atoms with Gasteiger partial charge < -0.3 is 0 Å². The van der Waals surface area contributed by atoms with Crippen molar-refractivity contribution in [2.24, 2.45) is 0 Å². The van der Waals surface area contributed by atoms with Gasteiger partial charge in [0, 0.05) is 11.8 Å². The molecule has 0 aliphatic rings. The molecule has 190 valence electrons. The van der Waals surface area contributed by atoms with Gasteiger partial charge in [-0.3, -0.25) is 0 Å². The predicted octanol–water partition coefficient (Wildman–Crippen LogP) is 11.2. The molecule has 0 radical (unpaired) electrons. The zero-order valence-electron chi connectivity index (χ0n) is 22.9. The summed E-state index contributed by atoms with van der Waals surface area (Å²) in [5, 5.41) is 13.4. The van der Waals surface area contributed by atoms with Crippen LogP contribution in [0.15, 0.2) is 133 Å². The first-order valence-electron chi connectivity index (χ1n) is 14.3. The zero-order valence-corrected chi connectivity index (χ0v) is 22.9. The first kappa shape index (κ1) is 23.2. The van der Waals surface area contributed by atoms with Crippen LogP contribution in [0, 0.1) is 0 Å². The molecule has 0 saturated heterocycles. The third kappa shape index (κ3) is 3.53. The molecule has 0 amide bonds. The Hall–Kier alpha value is -4.68. The van der Waals surface area contributed by atoms with E-state index in [4.69, 9.17) is 0 Å². The second kappa shape index (κ2) is 8.93. The molecule has 0 heteroatoms. The molecule has 8 rings (SSSR count). The third-order valence-electron chi connectivity index (χ3n) is 9.21. The van der Waals surface area contributed by atoms with Crippen LogP contribution in [-0.4, -0.2) is 0 Å². The van der Waals surface area contributed by atoms with Crippen molar-refractivity contribution in [1.29, 1.82) is 0 Å². The summed E-state index contributed by atoms with van der Waals surface area (Å²) in [4.78, 5) is 0. The Bertz CT molecular complexity index is 2040. The van der Waals surface area contributed by atoms with Gasteiger partial charge in [-0.25, -0.2) is 0 Å². The maximum absolute atomic E-state index is 2.36. The summed E-state index contributed by atoms with van der Waals surface area (Å²) in [6.45, 7) is 4.70. The SMILES string of the molecule is CC(c1ccc2ccccc2c1)c1ccc2ccc3c(C(C)c4ccc5ccccc5c4)ccc4ccc1c2c43. The minimum Gasteiger partial charge on any atom is -0.0616 e. The number of benzene rings is 8. The van der Waals surface area contributed by atoms with Crippen LogP contribution in [0.4, 0.5) is 0 Å². The Morgan fingerprint density at radius 2 is 0.725 bits per heavy atom. The van der Waals surface area contributed by atoms with E-state index in [0.29, 0.717) is 11.8 Å². The van der Waals surface area contributed by atoms with Gasteiger partial charge in [0.25, 0.3) is 0 Å². The van der Waals surface area contributed by atoms with Crippen molar-refractivity contribution in [2.75, 3.05) is 0 Å². The van der Waals surface area contributed by atoms with Crippen molar-refractivity contribution in [3.63, 3.8) is 0 Å². The highest BCUT2D eigenvalue weighted by molar-refractivity contribution is 6.24. The molecule has 2 unspecified atom stereocenters. The quantitative estimate of drug-likeness (QED) is 0.207. The smallest absolute Gasteiger partial charge is 0.00673 e. The molecule has 0 N–H and O–H groups in total. The highest BCUT2D eigenvalue weighted by atomic mass is 14.2. The summed E-state index contributed by atoms with van der Waals surface area (Å²) in [6.07, 6.45) is 0. The molecule has 0 aliphatic heterocycles. The average Bonchev–Trinajstić information content (AvgIpc) is 3.02. The van der Waals surface area contributed by atoms with Crippen LogP contribution < -0.4 is 0 Å². The minimum absolute atomic E-state index is 0.296. The lowest BCUT2D eigenvalue weighted by Gasteiger charge is -2.21. The maximum atomic E-state index is 2.36. The fourth-order valence-electron chi connectivity index (χ4n) is 6.91. The molecule has 0 saturated carbocycles. The van der Waals surface area contributed by atoms with E-state index in [1.54, 1.807) is 0 Å². The van der Waals surface area contributed by atoms with Gasteiger partial charge in [0.05, 0.1) is 0 Å². The van der Waals surface area contributed by atoms with E-state index >= 15 is 0 Å². The van der Waals surface area contributed by atoms with Gasteiger partial charge in [-0.05, 0) is 76.1 Å². The molecular weight excluding hydrogens is 480 g/mol. The summed E-state index contributed by atoms with van der Waals surface area (Å²) in [7, 11) is 0. The van der Waals surface area contributed by atoms with E-state index in [-0.39, 0.29) is 0 Å². The van der Waals surface area contributed by atoms with Crippen LogP contribution in [-0.2, 0) is 0 Å². The van der Waals surface area contributed by atoms with Crippen LogP contribution in [0.5, 0.6) is 0 Å². The van der Waals surface area contributed by atoms with Crippen molar-refractivity contribution in [2.45, 2.75) is 25.7 Å². The molecule has 0 nitrogen and oxygen atoms in total. The van der Waals surface area contributed by atoms with E-state index in [1.165, 1.54) is 76.1 Å². The molecule has 0 spiro atoms. The molecule has 0 bridgehead atoms. The molecule has 0 fully saturated rings. The minimum atomic E-state index is 0.296. The summed E-state index contributed by atoms with van der Waals surface area (Å²) in [5.41, 5.74) is 5.51. The van der Waals surface area contributed by atoms with Gasteiger partial charge in [-0.2, -0.15) is 0 Å². The Labute approximate surface area is 234 Å². The Morgan fingerprint density at radius 3 is 1.18 bits per heavy atom. The molecular formula is C40H30. The highest BCUT2D eigenvalue weighted by Gasteiger charge is 2.19. The molecule has 0 aromatic heterocycles. The van der Waals surface area contributed by atoms with Crippen LogP contribution in [0.25, 0.3) is 53.9 Å². The normalized spacial score (nSPS) is 13.6. The second-order valence-corrected chi connectivity index (χ2v) is 11.4. The van der Waals surface area contributed by atoms with Crippen LogP contribution in [0.1, 0.15) is 47.9 Å². The van der Waals surface area contributed by atoms with Crippen molar-refractivity contribution in [1.82, 2.24) is 0 Å².